The smallest absolute Gasteiger partial charge is 0.243 e. The normalized spacial score (nSPS) is 20.1. The van der Waals surface area contributed by atoms with Gasteiger partial charge < -0.3 is 14.2 Å². The van der Waals surface area contributed by atoms with Crippen molar-refractivity contribution in [2.24, 2.45) is 0 Å². The fourth-order valence-electron chi connectivity index (χ4n) is 3.12. The maximum absolute atomic E-state index is 12.9. The Labute approximate surface area is 152 Å². The van der Waals surface area contributed by atoms with Crippen LogP contribution in [0.5, 0.6) is 17.2 Å². The summed E-state index contributed by atoms with van der Waals surface area (Å²) in [7, 11) is -3.61. The van der Waals surface area contributed by atoms with Crippen LogP contribution in [0, 0.1) is 6.92 Å². The second-order valence-electron chi connectivity index (χ2n) is 6.28. The minimum absolute atomic E-state index is 0.190. The highest BCUT2D eigenvalue weighted by Crippen LogP contribution is 2.34. The first-order valence-corrected chi connectivity index (χ1v) is 9.96. The van der Waals surface area contributed by atoms with Gasteiger partial charge in [-0.3, -0.25) is 4.98 Å². The summed E-state index contributed by atoms with van der Waals surface area (Å²) >= 11 is 0. The van der Waals surface area contributed by atoms with E-state index in [9.17, 15) is 8.42 Å². The molecule has 0 saturated carbocycles. The summed E-state index contributed by atoms with van der Waals surface area (Å²) in [6.07, 6.45) is 2.15. The van der Waals surface area contributed by atoms with Gasteiger partial charge in [-0.1, -0.05) is 0 Å². The molecule has 3 heterocycles. The van der Waals surface area contributed by atoms with Gasteiger partial charge >= 0.3 is 0 Å². The molecule has 4 rings (SSSR count). The van der Waals surface area contributed by atoms with Crippen LogP contribution in [0.4, 0.5) is 0 Å². The fraction of sp³-hybridized carbons (Fsp3) is 0.389. The van der Waals surface area contributed by atoms with Crippen molar-refractivity contribution in [3.05, 3.63) is 42.2 Å². The summed E-state index contributed by atoms with van der Waals surface area (Å²) < 4.78 is 44.2. The maximum Gasteiger partial charge on any atom is 0.243 e. The van der Waals surface area contributed by atoms with E-state index in [0.29, 0.717) is 50.0 Å². The van der Waals surface area contributed by atoms with E-state index in [2.05, 4.69) is 4.98 Å². The van der Waals surface area contributed by atoms with Gasteiger partial charge in [0.2, 0.25) is 10.0 Å². The highest BCUT2D eigenvalue weighted by Gasteiger charge is 2.34. The quantitative estimate of drug-likeness (QED) is 0.812. The molecular weight excluding hydrogens is 356 g/mol. The van der Waals surface area contributed by atoms with Crippen LogP contribution in [-0.4, -0.2) is 50.1 Å². The van der Waals surface area contributed by atoms with E-state index in [4.69, 9.17) is 14.2 Å². The van der Waals surface area contributed by atoms with Gasteiger partial charge in [-0.05, 0) is 37.6 Å². The average molecular weight is 376 g/mol. The van der Waals surface area contributed by atoms with Crippen molar-refractivity contribution in [3.63, 3.8) is 0 Å². The predicted molar refractivity (Wildman–Crippen MR) is 94.2 cm³/mol. The SMILES string of the molecule is Cc1ncccc1O[C@@H]1CCN(S(=O)(=O)c2ccc3c(c2)OCCO3)C1. The molecule has 7 nitrogen and oxygen atoms in total. The van der Waals surface area contributed by atoms with E-state index in [1.807, 2.05) is 13.0 Å². The molecule has 0 spiro atoms. The number of hydrogen-bond acceptors (Lipinski definition) is 6. The zero-order valence-corrected chi connectivity index (χ0v) is 15.2. The second-order valence-corrected chi connectivity index (χ2v) is 8.22. The van der Waals surface area contributed by atoms with Crippen molar-refractivity contribution in [1.82, 2.24) is 9.29 Å². The fourth-order valence-corrected chi connectivity index (χ4v) is 4.62. The second kappa shape index (κ2) is 6.77. The average Bonchev–Trinajstić information content (AvgIpc) is 3.13. The number of aryl methyl sites for hydroxylation is 1. The van der Waals surface area contributed by atoms with Crippen LogP contribution in [0.2, 0.25) is 0 Å². The zero-order chi connectivity index (χ0) is 18.1. The Morgan fingerprint density at radius 2 is 2.00 bits per heavy atom. The van der Waals surface area contributed by atoms with E-state index in [1.165, 1.54) is 10.4 Å². The number of fused-ring (bicyclic) bond motifs is 1. The summed E-state index contributed by atoms with van der Waals surface area (Å²) in [6, 6.07) is 8.39. The molecule has 1 fully saturated rings. The van der Waals surface area contributed by atoms with Crippen LogP contribution < -0.4 is 14.2 Å². The minimum Gasteiger partial charge on any atom is -0.487 e. The number of ether oxygens (including phenoxy) is 3. The van der Waals surface area contributed by atoms with Gasteiger partial charge in [-0.25, -0.2) is 8.42 Å². The lowest BCUT2D eigenvalue weighted by Gasteiger charge is -2.21. The number of benzene rings is 1. The molecule has 2 aromatic rings. The van der Waals surface area contributed by atoms with Gasteiger partial charge in [-0.15, -0.1) is 0 Å². The van der Waals surface area contributed by atoms with Crippen molar-refractivity contribution in [2.75, 3.05) is 26.3 Å². The summed E-state index contributed by atoms with van der Waals surface area (Å²) in [5.41, 5.74) is 0.792. The van der Waals surface area contributed by atoms with Gasteiger partial charge in [0.15, 0.2) is 11.5 Å². The van der Waals surface area contributed by atoms with Crippen LogP contribution in [0.15, 0.2) is 41.4 Å². The largest absolute Gasteiger partial charge is 0.487 e. The van der Waals surface area contributed by atoms with Crippen molar-refractivity contribution in [1.29, 1.82) is 0 Å². The van der Waals surface area contributed by atoms with Crippen LogP contribution in [-0.2, 0) is 10.0 Å². The molecule has 0 N–H and O–H groups in total. The highest BCUT2D eigenvalue weighted by molar-refractivity contribution is 7.89. The van der Waals surface area contributed by atoms with Crippen molar-refractivity contribution in [3.8, 4) is 17.2 Å². The van der Waals surface area contributed by atoms with Crippen LogP contribution in [0.3, 0.4) is 0 Å². The third kappa shape index (κ3) is 3.22. The number of sulfonamides is 1. The zero-order valence-electron chi connectivity index (χ0n) is 14.4. The molecule has 1 aromatic carbocycles. The van der Waals surface area contributed by atoms with E-state index in [-0.39, 0.29) is 11.0 Å². The third-order valence-corrected chi connectivity index (χ3v) is 6.37. The Hall–Kier alpha value is -2.32. The van der Waals surface area contributed by atoms with E-state index >= 15 is 0 Å². The van der Waals surface area contributed by atoms with Crippen LogP contribution in [0.25, 0.3) is 0 Å². The van der Waals surface area contributed by atoms with E-state index in [0.717, 1.165) is 5.69 Å². The van der Waals surface area contributed by atoms with Gasteiger partial charge in [0.1, 0.15) is 25.1 Å². The number of nitrogens with zero attached hydrogens (tertiary/aromatic N) is 2. The Bertz CT molecular complexity index is 916. The first kappa shape index (κ1) is 17.1. The highest BCUT2D eigenvalue weighted by atomic mass is 32.2. The lowest BCUT2D eigenvalue weighted by atomic mass is 10.3. The molecule has 0 aliphatic carbocycles. The summed E-state index contributed by atoms with van der Waals surface area (Å²) in [4.78, 5) is 4.40. The maximum atomic E-state index is 12.9. The minimum atomic E-state index is -3.61. The number of pyridine rings is 1. The van der Waals surface area contributed by atoms with Crippen molar-refractivity contribution < 1.29 is 22.6 Å². The Balaban J connectivity index is 1.50. The molecule has 26 heavy (non-hydrogen) atoms. The molecule has 2 aliphatic heterocycles. The van der Waals surface area contributed by atoms with Gasteiger partial charge in [0, 0.05) is 18.8 Å². The molecule has 0 bridgehead atoms. The third-order valence-electron chi connectivity index (χ3n) is 4.51. The topological polar surface area (TPSA) is 78.0 Å². The summed E-state index contributed by atoms with van der Waals surface area (Å²) in [6.45, 7) is 3.48. The van der Waals surface area contributed by atoms with E-state index < -0.39 is 10.0 Å². The van der Waals surface area contributed by atoms with Crippen LogP contribution in [0.1, 0.15) is 12.1 Å². The Morgan fingerprint density at radius 3 is 2.81 bits per heavy atom. The van der Waals surface area contributed by atoms with Crippen molar-refractivity contribution in [2.45, 2.75) is 24.3 Å². The molecule has 2 aliphatic rings. The monoisotopic (exact) mass is 376 g/mol. The standard InChI is InChI=1S/C18H20N2O5S/c1-13-16(3-2-7-19-13)25-14-6-8-20(12-14)26(21,22)15-4-5-17-18(11-15)24-10-9-23-17/h2-5,7,11,14H,6,8-10,12H2,1H3/t14-/m1/s1. The molecule has 0 amide bonds. The summed E-state index contributed by atoms with van der Waals surface area (Å²) in [5.74, 6) is 1.73. The first-order valence-electron chi connectivity index (χ1n) is 8.52. The van der Waals surface area contributed by atoms with Crippen LogP contribution >= 0.6 is 0 Å². The van der Waals surface area contributed by atoms with Gasteiger partial charge in [0.05, 0.1) is 17.1 Å². The Morgan fingerprint density at radius 1 is 1.19 bits per heavy atom. The molecule has 138 valence electrons. The molecule has 1 atom stereocenters. The molecule has 0 radical (unpaired) electrons. The van der Waals surface area contributed by atoms with Crippen molar-refractivity contribution >= 4 is 10.0 Å². The molecule has 1 saturated heterocycles. The number of hydrogen-bond donors (Lipinski definition) is 0. The predicted octanol–water partition coefficient (Wildman–Crippen LogP) is 2.00. The molecule has 1 aromatic heterocycles. The van der Waals surface area contributed by atoms with E-state index in [1.54, 1.807) is 24.4 Å². The molecule has 0 unspecified atom stereocenters. The van der Waals surface area contributed by atoms with Gasteiger partial charge in [-0.2, -0.15) is 4.31 Å². The molecule has 8 heteroatoms. The lowest BCUT2D eigenvalue weighted by molar-refractivity contribution is 0.171. The number of rotatable bonds is 4. The lowest BCUT2D eigenvalue weighted by Crippen LogP contribution is -2.31. The number of aromatic nitrogens is 1. The molecular formula is C18H20N2O5S. The van der Waals surface area contributed by atoms with Gasteiger partial charge in [0.25, 0.3) is 0 Å². The Kier molecular flexibility index (Phi) is 4.46. The first-order chi connectivity index (χ1) is 12.5. The summed E-state index contributed by atoms with van der Waals surface area (Å²) in [5, 5.41) is 0.